The zero-order valence-corrected chi connectivity index (χ0v) is 25.1. The first-order valence-electron chi connectivity index (χ1n) is 14.9. The Hall–Kier alpha value is -5.60. The third kappa shape index (κ3) is 7.36. The van der Waals surface area contributed by atoms with E-state index in [0.717, 1.165) is 21.9 Å². The first-order valence-corrected chi connectivity index (χ1v) is 14.9. The van der Waals surface area contributed by atoms with Crippen LogP contribution in [-0.2, 0) is 9.47 Å². The number of ether oxygens (including phenoxy) is 4. The van der Waals surface area contributed by atoms with Crippen LogP contribution in [0.3, 0.4) is 0 Å². The summed E-state index contributed by atoms with van der Waals surface area (Å²) in [5.41, 5.74) is 2.72. The van der Waals surface area contributed by atoms with Crippen molar-refractivity contribution in [2.24, 2.45) is 0 Å². The Morgan fingerprint density at radius 3 is 1.57 bits per heavy atom. The van der Waals surface area contributed by atoms with Gasteiger partial charge in [0.05, 0.1) is 36.7 Å². The zero-order valence-electron chi connectivity index (χ0n) is 25.1. The summed E-state index contributed by atoms with van der Waals surface area (Å²) in [7, 11) is 0. The molecule has 0 fully saturated rings. The molecule has 0 saturated heterocycles. The number of fused-ring (bicyclic) bond motifs is 2. The van der Waals surface area contributed by atoms with Crippen LogP contribution < -0.4 is 20.7 Å². The maximum atomic E-state index is 12.6. The second kappa shape index (κ2) is 14.5. The normalized spacial score (nSPS) is 11.2. The van der Waals surface area contributed by atoms with E-state index in [0.29, 0.717) is 59.8 Å². The van der Waals surface area contributed by atoms with Crippen molar-refractivity contribution in [1.82, 2.24) is 0 Å². The largest absolute Gasteiger partial charge is 0.493 e. The lowest BCUT2D eigenvalue weighted by Crippen LogP contribution is -2.20. The summed E-state index contributed by atoms with van der Waals surface area (Å²) in [6.07, 6.45) is 2.18. The highest BCUT2D eigenvalue weighted by molar-refractivity contribution is 5.83. The highest BCUT2D eigenvalue weighted by atomic mass is 16.7. The summed E-state index contributed by atoms with van der Waals surface area (Å²) in [6, 6.07) is 33.4. The van der Waals surface area contributed by atoms with Crippen molar-refractivity contribution < 1.29 is 27.8 Å². The van der Waals surface area contributed by atoms with Crippen LogP contribution in [0.25, 0.3) is 44.2 Å². The predicted molar refractivity (Wildman–Crippen MR) is 177 cm³/mol. The van der Waals surface area contributed by atoms with Gasteiger partial charge in [-0.2, -0.15) is 0 Å². The molecule has 8 heteroatoms. The van der Waals surface area contributed by atoms with E-state index in [4.69, 9.17) is 27.8 Å². The fourth-order valence-electron chi connectivity index (χ4n) is 5.11. The van der Waals surface area contributed by atoms with Gasteiger partial charge in [-0.25, -0.2) is 9.59 Å². The third-order valence-electron chi connectivity index (χ3n) is 7.49. The summed E-state index contributed by atoms with van der Waals surface area (Å²) in [4.78, 5) is 25.3. The SMILES string of the molecule is C=COCOC(CCOc1ccc2cc(-c3ccccc3)c(=O)oc2c1)CCOc1ccc2cc(-c3ccccc3)c(=O)oc2c1. The van der Waals surface area contributed by atoms with Crippen molar-refractivity contribution in [2.45, 2.75) is 18.9 Å². The number of benzene rings is 4. The van der Waals surface area contributed by atoms with Gasteiger partial charge >= 0.3 is 11.3 Å². The topological polar surface area (TPSA) is 97.3 Å². The molecule has 0 spiro atoms. The van der Waals surface area contributed by atoms with Crippen LogP contribution >= 0.6 is 0 Å². The van der Waals surface area contributed by atoms with Crippen LogP contribution in [0.1, 0.15) is 12.8 Å². The summed E-state index contributed by atoms with van der Waals surface area (Å²) < 4.78 is 34.2. The quantitative estimate of drug-likeness (QED) is 0.0526. The van der Waals surface area contributed by atoms with Crippen molar-refractivity contribution in [3.05, 3.63) is 143 Å². The Morgan fingerprint density at radius 2 is 1.11 bits per heavy atom. The van der Waals surface area contributed by atoms with Gasteiger partial charge in [0, 0.05) is 35.7 Å². The van der Waals surface area contributed by atoms with E-state index in [1.54, 1.807) is 12.1 Å². The molecule has 0 N–H and O–H groups in total. The van der Waals surface area contributed by atoms with Gasteiger partial charge in [0.2, 0.25) is 0 Å². The fourth-order valence-corrected chi connectivity index (χ4v) is 5.11. The zero-order chi connectivity index (χ0) is 31.7. The first kappa shape index (κ1) is 30.4. The Balaban J connectivity index is 1.06. The fraction of sp³-hybridized carbons (Fsp3) is 0.158. The minimum Gasteiger partial charge on any atom is -0.493 e. The first-order chi connectivity index (χ1) is 22.6. The van der Waals surface area contributed by atoms with E-state index in [2.05, 4.69) is 6.58 Å². The Kier molecular flexibility index (Phi) is 9.56. The van der Waals surface area contributed by atoms with E-state index in [-0.39, 0.29) is 12.9 Å². The van der Waals surface area contributed by atoms with Crippen LogP contribution in [0.5, 0.6) is 11.5 Å². The van der Waals surface area contributed by atoms with E-state index in [1.807, 2.05) is 97.1 Å². The molecule has 0 aliphatic heterocycles. The van der Waals surface area contributed by atoms with Crippen LogP contribution in [0.4, 0.5) is 0 Å². The molecule has 0 saturated carbocycles. The highest BCUT2D eigenvalue weighted by Gasteiger charge is 2.13. The molecule has 0 radical (unpaired) electrons. The molecule has 0 aliphatic carbocycles. The molecule has 0 amide bonds. The summed E-state index contributed by atoms with van der Waals surface area (Å²) in [5.74, 6) is 1.15. The Labute approximate surface area is 265 Å². The van der Waals surface area contributed by atoms with Crippen molar-refractivity contribution in [1.29, 1.82) is 0 Å². The number of hydrogen-bond donors (Lipinski definition) is 0. The second-order valence-electron chi connectivity index (χ2n) is 10.5. The van der Waals surface area contributed by atoms with E-state index in [1.165, 1.54) is 6.26 Å². The molecule has 0 atom stereocenters. The van der Waals surface area contributed by atoms with Gasteiger partial charge in [-0.1, -0.05) is 67.2 Å². The van der Waals surface area contributed by atoms with Crippen LogP contribution in [0.2, 0.25) is 0 Å². The number of rotatable bonds is 14. The number of hydrogen-bond acceptors (Lipinski definition) is 8. The molecule has 6 aromatic rings. The molecular formula is C38H32O8. The molecule has 2 aromatic heterocycles. The van der Waals surface area contributed by atoms with Gasteiger partial charge < -0.3 is 27.8 Å². The Morgan fingerprint density at radius 1 is 0.630 bits per heavy atom. The van der Waals surface area contributed by atoms with Gasteiger partial charge in [-0.05, 0) is 47.5 Å². The van der Waals surface area contributed by atoms with Crippen molar-refractivity contribution >= 4 is 21.9 Å². The van der Waals surface area contributed by atoms with Gasteiger partial charge in [0.15, 0.2) is 6.79 Å². The lowest BCUT2D eigenvalue weighted by Gasteiger charge is -2.18. The van der Waals surface area contributed by atoms with Crippen molar-refractivity contribution in [3.8, 4) is 33.8 Å². The average Bonchev–Trinajstić information content (AvgIpc) is 3.08. The molecule has 0 unspecified atom stereocenters. The van der Waals surface area contributed by atoms with Crippen LogP contribution in [0, 0.1) is 0 Å². The molecule has 6 rings (SSSR count). The van der Waals surface area contributed by atoms with E-state index < -0.39 is 11.3 Å². The molecule has 0 aliphatic rings. The predicted octanol–water partition coefficient (Wildman–Crippen LogP) is 7.97. The van der Waals surface area contributed by atoms with Crippen molar-refractivity contribution in [3.63, 3.8) is 0 Å². The maximum absolute atomic E-state index is 12.6. The van der Waals surface area contributed by atoms with E-state index in [9.17, 15) is 9.59 Å². The second-order valence-corrected chi connectivity index (χ2v) is 10.5. The molecule has 2 heterocycles. The molecular weight excluding hydrogens is 584 g/mol. The third-order valence-corrected chi connectivity index (χ3v) is 7.49. The minimum atomic E-state index is -0.406. The summed E-state index contributed by atoms with van der Waals surface area (Å²) >= 11 is 0. The molecule has 4 aromatic carbocycles. The van der Waals surface area contributed by atoms with Gasteiger partial charge in [0.25, 0.3) is 0 Å². The van der Waals surface area contributed by atoms with Gasteiger partial charge in [-0.3, -0.25) is 0 Å². The summed E-state index contributed by atoms with van der Waals surface area (Å²) in [6.45, 7) is 4.30. The smallest absolute Gasteiger partial charge is 0.344 e. The minimum absolute atomic E-state index is 0.0456. The molecule has 232 valence electrons. The molecule has 8 nitrogen and oxygen atoms in total. The van der Waals surface area contributed by atoms with Gasteiger partial charge in [0.1, 0.15) is 22.7 Å². The van der Waals surface area contributed by atoms with Crippen molar-refractivity contribution in [2.75, 3.05) is 20.0 Å². The van der Waals surface area contributed by atoms with Crippen LogP contribution in [-0.4, -0.2) is 26.1 Å². The standard InChI is InChI=1S/C38H32O8/c1-2-41-25-44-30(17-19-42-31-15-13-28-21-33(26-9-5-3-6-10-26)37(39)45-35(28)23-31)18-20-43-32-16-14-29-22-34(27-11-7-4-8-12-27)38(40)46-36(29)24-32/h2-16,21-24,30H,1,17-20,25H2. The van der Waals surface area contributed by atoms with Crippen LogP contribution in [0.15, 0.2) is 140 Å². The molecule has 46 heavy (non-hydrogen) atoms. The summed E-state index contributed by atoms with van der Waals surface area (Å²) in [5, 5.41) is 1.60. The van der Waals surface area contributed by atoms with Gasteiger partial charge in [-0.15, -0.1) is 0 Å². The highest BCUT2D eigenvalue weighted by Crippen LogP contribution is 2.26. The maximum Gasteiger partial charge on any atom is 0.344 e. The van der Waals surface area contributed by atoms with E-state index >= 15 is 0 Å². The average molecular weight is 617 g/mol. The lowest BCUT2D eigenvalue weighted by molar-refractivity contribution is -0.0682. The molecule has 0 bridgehead atoms. The Bertz CT molecular complexity index is 1900. The monoisotopic (exact) mass is 616 g/mol. The lowest BCUT2D eigenvalue weighted by atomic mass is 10.1.